The van der Waals surface area contributed by atoms with Crippen LogP contribution in [0.3, 0.4) is 0 Å². The molecule has 0 aliphatic rings. The number of fused-ring (bicyclic) bond motifs is 1. The second-order valence-corrected chi connectivity index (χ2v) is 7.01. The van der Waals surface area contributed by atoms with E-state index >= 15 is 0 Å². The van der Waals surface area contributed by atoms with E-state index in [1.807, 2.05) is 62.2 Å². The number of aryl methyl sites for hydroxylation is 2. The van der Waals surface area contributed by atoms with Gasteiger partial charge in [0, 0.05) is 56.7 Å². The van der Waals surface area contributed by atoms with E-state index in [9.17, 15) is 4.79 Å². The van der Waals surface area contributed by atoms with Crippen molar-refractivity contribution in [2.45, 2.75) is 13.5 Å². The molecule has 142 valence electrons. The first kappa shape index (κ1) is 17.9. The molecule has 0 radical (unpaired) electrons. The van der Waals surface area contributed by atoms with Crippen molar-refractivity contribution in [2.75, 3.05) is 13.6 Å². The molecule has 0 saturated carbocycles. The number of nitrogens with zero attached hydrogens (tertiary/aromatic N) is 6. The maximum absolute atomic E-state index is 13.2. The number of hydrogen-bond donors (Lipinski definition) is 0. The van der Waals surface area contributed by atoms with Crippen molar-refractivity contribution in [3.8, 4) is 11.3 Å². The molecule has 1 amide bonds. The second kappa shape index (κ2) is 7.26. The normalized spacial score (nSPS) is 11.1. The Morgan fingerprint density at radius 3 is 2.82 bits per heavy atom. The monoisotopic (exact) mass is 374 g/mol. The molecule has 4 rings (SSSR count). The van der Waals surface area contributed by atoms with Crippen LogP contribution in [0.2, 0.25) is 0 Å². The van der Waals surface area contributed by atoms with Gasteiger partial charge in [0.25, 0.3) is 5.91 Å². The van der Waals surface area contributed by atoms with E-state index in [0.29, 0.717) is 18.7 Å². The molecular formula is C21H22N6O. The fraction of sp³-hybridized carbons (Fsp3) is 0.238. The number of carbonyl (C=O) groups is 1. The van der Waals surface area contributed by atoms with Crippen LogP contribution in [0.15, 0.2) is 55.4 Å². The van der Waals surface area contributed by atoms with E-state index in [2.05, 4.69) is 10.1 Å². The third kappa shape index (κ3) is 3.51. The first-order valence-corrected chi connectivity index (χ1v) is 9.13. The van der Waals surface area contributed by atoms with Crippen LogP contribution in [0.5, 0.6) is 0 Å². The fourth-order valence-electron chi connectivity index (χ4n) is 3.21. The summed E-state index contributed by atoms with van der Waals surface area (Å²) in [6.07, 6.45) is 9.05. The van der Waals surface area contributed by atoms with Gasteiger partial charge in [-0.2, -0.15) is 5.10 Å². The van der Waals surface area contributed by atoms with Gasteiger partial charge >= 0.3 is 0 Å². The van der Waals surface area contributed by atoms with Crippen LogP contribution >= 0.6 is 0 Å². The van der Waals surface area contributed by atoms with Gasteiger partial charge in [-0.25, -0.2) is 9.97 Å². The zero-order chi connectivity index (χ0) is 19.7. The van der Waals surface area contributed by atoms with Gasteiger partial charge < -0.3 is 9.47 Å². The Kier molecular flexibility index (Phi) is 4.65. The minimum Gasteiger partial charge on any atom is -0.340 e. The molecule has 0 atom stereocenters. The lowest BCUT2D eigenvalue weighted by molar-refractivity contribution is 0.0792. The van der Waals surface area contributed by atoms with Crippen LogP contribution in [0.25, 0.3) is 22.2 Å². The number of imidazole rings is 1. The zero-order valence-electron chi connectivity index (χ0n) is 16.2. The van der Waals surface area contributed by atoms with E-state index < -0.39 is 0 Å². The van der Waals surface area contributed by atoms with Crippen LogP contribution in [0.1, 0.15) is 15.9 Å². The molecule has 0 spiro atoms. The molecule has 0 N–H and O–H groups in total. The van der Waals surface area contributed by atoms with Gasteiger partial charge in [0.1, 0.15) is 0 Å². The highest BCUT2D eigenvalue weighted by atomic mass is 16.2. The summed E-state index contributed by atoms with van der Waals surface area (Å²) in [5.41, 5.74) is 4.21. The van der Waals surface area contributed by atoms with E-state index in [0.717, 1.165) is 27.7 Å². The molecule has 3 aromatic heterocycles. The lowest BCUT2D eigenvalue weighted by atomic mass is 10.0. The molecule has 0 unspecified atom stereocenters. The predicted molar refractivity (Wildman–Crippen MR) is 108 cm³/mol. The molecule has 3 heterocycles. The summed E-state index contributed by atoms with van der Waals surface area (Å²) in [5, 5.41) is 5.09. The summed E-state index contributed by atoms with van der Waals surface area (Å²) in [6, 6.07) is 7.86. The van der Waals surface area contributed by atoms with Crippen LogP contribution in [0.4, 0.5) is 0 Å². The van der Waals surface area contributed by atoms with E-state index in [1.54, 1.807) is 28.3 Å². The minimum absolute atomic E-state index is 0.0264. The summed E-state index contributed by atoms with van der Waals surface area (Å²) in [4.78, 5) is 23.8. The summed E-state index contributed by atoms with van der Waals surface area (Å²) < 4.78 is 3.69. The summed E-state index contributed by atoms with van der Waals surface area (Å²) >= 11 is 0. The second-order valence-electron chi connectivity index (χ2n) is 7.01. The third-order valence-electron chi connectivity index (χ3n) is 4.80. The summed E-state index contributed by atoms with van der Waals surface area (Å²) in [6.45, 7) is 3.31. The Bertz CT molecular complexity index is 1130. The quantitative estimate of drug-likeness (QED) is 0.539. The predicted octanol–water partition coefficient (Wildman–Crippen LogP) is 2.91. The molecule has 7 heteroatoms. The Hall–Kier alpha value is -3.48. The Morgan fingerprint density at radius 1 is 1.25 bits per heavy atom. The lowest BCUT2D eigenvalue weighted by Gasteiger charge is -2.19. The first-order valence-electron chi connectivity index (χ1n) is 9.13. The number of amides is 1. The van der Waals surface area contributed by atoms with Gasteiger partial charge in [0.2, 0.25) is 0 Å². The van der Waals surface area contributed by atoms with Gasteiger partial charge in [-0.3, -0.25) is 9.48 Å². The first-order chi connectivity index (χ1) is 13.5. The molecule has 4 aromatic rings. The molecule has 0 saturated heterocycles. The van der Waals surface area contributed by atoms with Crippen molar-refractivity contribution in [1.29, 1.82) is 0 Å². The largest absolute Gasteiger partial charge is 0.340 e. The van der Waals surface area contributed by atoms with Gasteiger partial charge in [-0.05, 0) is 24.6 Å². The summed E-state index contributed by atoms with van der Waals surface area (Å²) in [5.74, 6) is -0.0264. The smallest absolute Gasteiger partial charge is 0.254 e. The van der Waals surface area contributed by atoms with Gasteiger partial charge in [0.15, 0.2) is 0 Å². The highest BCUT2D eigenvalue weighted by Crippen LogP contribution is 2.26. The van der Waals surface area contributed by atoms with Crippen molar-refractivity contribution in [2.24, 2.45) is 7.05 Å². The average Bonchev–Trinajstić information content (AvgIpc) is 3.36. The zero-order valence-corrected chi connectivity index (χ0v) is 16.2. The molecular weight excluding hydrogens is 352 g/mol. The molecule has 1 aromatic carbocycles. The number of benzene rings is 1. The molecule has 0 fully saturated rings. The van der Waals surface area contributed by atoms with E-state index in [1.165, 1.54) is 0 Å². The number of likely N-dealkylation sites (N-methyl/N-ethyl adjacent to an activating group) is 1. The van der Waals surface area contributed by atoms with Crippen molar-refractivity contribution >= 4 is 16.8 Å². The molecule has 0 aliphatic carbocycles. The highest BCUT2D eigenvalue weighted by Gasteiger charge is 2.18. The number of rotatable bonds is 5. The van der Waals surface area contributed by atoms with Crippen molar-refractivity contribution < 1.29 is 4.79 Å². The topological polar surface area (TPSA) is 68.8 Å². The van der Waals surface area contributed by atoms with Crippen LogP contribution in [0, 0.1) is 6.92 Å². The standard InChI is InChI=1S/C21H22N6O/c1-15-4-5-17-18(21(28)25(2)8-9-27-7-6-22-14-27)11-19(24-20(17)10-15)16-12-23-26(3)13-16/h4-7,10-14H,8-9H2,1-3H3. The number of carbonyl (C=O) groups excluding carboxylic acids is 1. The summed E-state index contributed by atoms with van der Waals surface area (Å²) in [7, 11) is 3.69. The van der Waals surface area contributed by atoms with E-state index in [4.69, 9.17) is 4.98 Å². The van der Waals surface area contributed by atoms with Gasteiger partial charge in [-0.15, -0.1) is 0 Å². The number of hydrogen-bond acceptors (Lipinski definition) is 4. The van der Waals surface area contributed by atoms with Crippen LogP contribution in [-0.2, 0) is 13.6 Å². The molecule has 28 heavy (non-hydrogen) atoms. The van der Waals surface area contributed by atoms with Crippen molar-refractivity contribution in [3.05, 3.63) is 66.5 Å². The van der Waals surface area contributed by atoms with Gasteiger partial charge in [0.05, 0.1) is 29.3 Å². The molecule has 7 nitrogen and oxygen atoms in total. The lowest BCUT2D eigenvalue weighted by Crippen LogP contribution is -2.30. The Balaban J connectivity index is 1.72. The minimum atomic E-state index is -0.0264. The fourth-order valence-corrected chi connectivity index (χ4v) is 3.21. The van der Waals surface area contributed by atoms with Gasteiger partial charge in [-0.1, -0.05) is 12.1 Å². The third-order valence-corrected chi connectivity index (χ3v) is 4.80. The van der Waals surface area contributed by atoms with Crippen molar-refractivity contribution in [1.82, 2.24) is 29.2 Å². The van der Waals surface area contributed by atoms with Crippen molar-refractivity contribution in [3.63, 3.8) is 0 Å². The van der Waals surface area contributed by atoms with E-state index in [-0.39, 0.29) is 5.91 Å². The molecule has 0 aliphatic heterocycles. The van der Waals surface area contributed by atoms with Crippen LogP contribution < -0.4 is 0 Å². The SMILES string of the molecule is Cc1ccc2c(C(=O)N(C)CCn3ccnc3)cc(-c3cnn(C)c3)nc2c1. The molecule has 0 bridgehead atoms. The van der Waals surface area contributed by atoms with Crippen LogP contribution in [-0.4, -0.2) is 48.7 Å². The number of pyridine rings is 1. The maximum atomic E-state index is 13.2. The highest BCUT2D eigenvalue weighted by molar-refractivity contribution is 6.07. The number of aromatic nitrogens is 5. The Labute approximate surface area is 163 Å². The average molecular weight is 374 g/mol. The maximum Gasteiger partial charge on any atom is 0.254 e. The Morgan fingerprint density at radius 2 is 2.11 bits per heavy atom.